The van der Waals surface area contributed by atoms with Gasteiger partial charge in [-0.25, -0.2) is 4.79 Å². The average molecular weight is 364 g/mol. The molecule has 2 aromatic carbocycles. The van der Waals surface area contributed by atoms with Crippen LogP contribution >= 0.6 is 23.4 Å². The molecule has 24 heavy (non-hydrogen) atoms. The maximum Gasteiger partial charge on any atom is 0.338 e. The number of thioether (sulfide) groups is 1. The fraction of sp³-hybridized carbons (Fsp3) is 0.222. The van der Waals surface area contributed by atoms with Gasteiger partial charge in [-0.1, -0.05) is 29.8 Å². The van der Waals surface area contributed by atoms with Gasteiger partial charge in [-0.05, 0) is 44.2 Å². The lowest BCUT2D eigenvalue weighted by atomic mass is 10.2. The first kappa shape index (κ1) is 18.4. The summed E-state index contributed by atoms with van der Waals surface area (Å²) in [4.78, 5) is 25.0. The number of esters is 1. The number of hydrogen-bond acceptors (Lipinski definition) is 4. The van der Waals surface area contributed by atoms with Crippen molar-refractivity contribution in [3.05, 3.63) is 59.1 Å². The molecule has 0 aliphatic heterocycles. The summed E-state index contributed by atoms with van der Waals surface area (Å²) >= 11 is 7.62. The second kappa shape index (κ2) is 8.76. The zero-order valence-corrected chi connectivity index (χ0v) is 15.0. The quantitative estimate of drug-likeness (QED) is 0.600. The summed E-state index contributed by atoms with van der Waals surface area (Å²) in [5, 5.41) is 2.80. The van der Waals surface area contributed by atoms with Gasteiger partial charge >= 0.3 is 5.97 Å². The molecule has 0 aromatic heterocycles. The number of halogens is 1. The van der Waals surface area contributed by atoms with Crippen LogP contribution in [0.1, 0.15) is 24.2 Å². The summed E-state index contributed by atoms with van der Waals surface area (Å²) in [5.74, 6) is -0.597. The highest BCUT2D eigenvalue weighted by atomic mass is 35.5. The Balaban J connectivity index is 2.02. The minimum absolute atomic E-state index is 0.158. The van der Waals surface area contributed by atoms with E-state index in [9.17, 15) is 9.59 Å². The van der Waals surface area contributed by atoms with Crippen molar-refractivity contribution in [2.75, 3.05) is 11.9 Å². The zero-order chi connectivity index (χ0) is 17.5. The molecule has 0 heterocycles. The molecule has 2 rings (SSSR count). The van der Waals surface area contributed by atoms with Crippen molar-refractivity contribution in [1.82, 2.24) is 0 Å². The zero-order valence-electron chi connectivity index (χ0n) is 13.4. The second-order valence-electron chi connectivity index (χ2n) is 4.98. The summed E-state index contributed by atoms with van der Waals surface area (Å²) < 4.78 is 4.92. The number of amides is 1. The predicted molar refractivity (Wildman–Crippen MR) is 97.8 cm³/mol. The maximum atomic E-state index is 12.3. The molecular formula is C18H18ClNO3S. The van der Waals surface area contributed by atoms with Crippen LogP contribution in [0, 0.1) is 0 Å². The summed E-state index contributed by atoms with van der Waals surface area (Å²) in [6.07, 6.45) is 0. The average Bonchev–Trinajstić information content (AvgIpc) is 2.57. The van der Waals surface area contributed by atoms with E-state index in [0.717, 1.165) is 4.90 Å². The van der Waals surface area contributed by atoms with Crippen molar-refractivity contribution in [2.45, 2.75) is 24.0 Å². The Labute approximate surface area is 150 Å². The van der Waals surface area contributed by atoms with E-state index in [1.54, 1.807) is 19.1 Å². The standard InChI is InChI=1S/C18H18ClNO3S/c1-3-23-18(22)13-9-10-16(15(19)11-13)20-17(21)12(2)24-14-7-5-4-6-8-14/h4-12H,3H2,1-2H3,(H,20,21)/t12-/m0/s1. The third kappa shape index (κ3) is 5.01. The normalized spacial score (nSPS) is 11.6. The maximum absolute atomic E-state index is 12.3. The van der Waals surface area contributed by atoms with Crippen molar-refractivity contribution < 1.29 is 14.3 Å². The Kier molecular flexibility index (Phi) is 6.70. The van der Waals surface area contributed by atoms with Crippen LogP contribution < -0.4 is 5.32 Å². The number of ether oxygens (including phenoxy) is 1. The Hall–Kier alpha value is -1.98. The fourth-order valence-electron chi connectivity index (χ4n) is 1.95. The monoisotopic (exact) mass is 363 g/mol. The van der Waals surface area contributed by atoms with Gasteiger partial charge in [-0.15, -0.1) is 11.8 Å². The number of anilines is 1. The molecule has 2 aromatic rings. The van der Waals surface area contributed by atoms with E-state index < -0.39 is 5.97 Å². The van der Waals surface area contributed by atoms with Crippen LogP contribution in [-0.2, 0) is 9.53 Å². The van der Waals surface area contributed by atoms with Crippen molar-refractivity contribution in [1.29, 1.82) is 0 Å². The highest BCUT2D eigenvalue weighted by Crippen LogP contribution is 2.27. The smallest absolute Gasteiger partial charge is 0.338 e. The number of rotatable bonds is 6. The molecular weight excluding hydrogens is 346 g/mol. The fourth-order valence-corrected chi connectivity index (χ4v) is 3.07. The van der Waals surface area contributed by atoms with Crippen LogP contribution in [-0.4, -0.2) is 23.7 Å². The van der Waals surface area contributed by atoms with Crippen LogP contribution in [0.2, 0.25) is 5.02 Å². The number of hydrogen-bond donors (Lipinski definition) is 1. The third-order valence-corrected chi connectivity index (χ3v) is 4.59. The molecule has 0 saturated heterocycles. The van der Waals surface area contributed by atoms with E-state index in [2.05, 4.69) is 5.32 Å². The van der Waals surface area contributed by atoms with E-state index in [4.69, 9.17) is 16.3 Å². The molecule has 0 unspecified atom stereocenters. The summed E-state index contributed by atoms with van der Waals surface area (Å²) in [5.41, 5.74) is 0.821. The molecule has 0 fully saturated rings. The third-order valence-electron chi connectivity index (χ3n) is 3.16. The van der Waals surface area contributed by atoms with Crippen molar-refractivity contribution in [3.8, 4) is 0 Å². The molecule has 0 saturated carbocycles. The van der Waals surface area contributed by atoms with Crippen LogP contribution in [0.25, 0.3) is 0 Å². The number of nitrogens with one attached hydrogen (secondary N) is 1. The molecule has 0 radical (unpaired) electrons. The first-order valence-electron chi connectivity index (χ1n) is 7.50. The van der Waals surface area contributed by atoms with Crippen LogP contribution in [0.15, 0.2) is 53.4 Å². The lowest BCUT2D eigenvalue weighted by molar-refractivity contribution is -0.115. The van der Waals surface area contributed by atoms with Gasteiger partial charge in [0.2, 0.25) is 5.91 Å². The second-order valence-corrected chi connectivity index (χ2v) is 6.80. The van der Waals surface area contributed by atoms with E-state index in [1.807, 2.05) is 37.3 Å². The van der Waals surface area contributed by atoms with Crippen molar-refractivity contribution >= 4 is 40.9 Å². The molecule has 0 bridgehead atoms. The van der Waals surface area contributed by atoms with E-state index in [1.165, 1.54) is 17.8 Å². The summed E-state index contributed by atoms with van der Waals surface area (Å²) in [6, 6.07) is 14.4. The first-order chi connectivity index (χ1) is 11.5. The highest BCUT2D eigenvalue weighted by Gasteiger charge is 2.16. The first-order valence-corrected chi connectivity index (χ1v) is 8.76. The minimum atomic E-state index is -0.440. The summed E-state index contributed by atoms with van der Waals surface area (Å²) in [7, 11) is 0. The number of carbonyl (C=O) groups excluding carboxylic acids is 2. The van der Waals surface area contributed by atoms with Gasteiger partial charge in [0.05, 0.1) is 28.1 Å². The van der Waals surface area contributed by atoms with Gasteiger partial charge in [0.1, 0.15) is 0 Å². The van der Waals surface area contributed by atoms with Gasteiger partial charge in [-0.3, -0.25) is 4.79 Å². The molecule has 0 aliphatic carbocycles. The van der Waals surface area contributed by atoms with Crippen LogP contribution in [0.3, 0.4) is 0 Å². The topological polar surface area (TPSA) is 55.4 Å². The SMILES string of the molecule is CCOC(=O)c1ccc(NC(=O)[C@H](C)Sc2ccccc2)c(Cl)c1. The van der Waals surface area contributed by atoms with Gasteiger partial charge in [0.25, 0.3) is 0 Å². The molecule has 0 spiro atoms. The Morgan fingerprint density at radius 2 is 1.92 bits per heavy atom. The van der Waals surface area contributed by atoms with E-state index in [0.29, 0.717) is 22.9 Å². The summed E-state index contributed by atoms with van der Waals surface area (Å²) in [6.45, 7) is 3.86. The molecule has 1 atom stereocenters. The number of benzene rings is 2. The number of carbonyl (C=O) groups is 2. The molecule has 6 heteroatoms. The largest absolute Gasteiger partial charge is 0.462 e. The Bertz CT molecular complexity index is 721. The molecule has 126 valence electrons. The van der Waals surface area contributed by atoms with Gasteiger partial charge in [0, 0.05) is 4.90 Å². The lowest BCUT2D eigenvalue weighted by Crippen LogP contribution is -2.22. The molecule has 0 aliphatic rings. The van der Waals surface area contributed by atoms with Gasteiger partial charge < -0.3 is 10.1 Å². The van der Waals surface area contributed by atoms with Gasteiger partial charge in [-0.2, -0.15) is 0 Å². The van der Waals surface area contributed by atoms with Crippen molar-refractivity contribution in [3.63, 3.8) is 0 Å². The molecule has 1 amide bonds. The van der Waals surface area contributed by atoms with Crippen LogP contribution in [0.4, 0.5) is 5.69 Å². The lowest BCUT2D eigenvalue weighted by Gasteiger charge is -2.13. The Morgan fingerprint density at radius 1 is 1.21 bits per heavy atom. The van der Waals surface area contributed by atoms with Gasteiger partial charge in [0.15, 0.2) is 0 Å². The Morgan fingerprint density at radius 3 is 2.54 bits per heavy atom. The molecule has 4 nitrogen and oxygen atoms in total. The van der Waals surface area contributed by atoms with Crippen LogP contribution in [0.5, 0.6) is 0 Å². The highest BCUT2D eigenvalue weighted by molar-refractivity contribution is 8.00. The molecule has 1 N–H and O–H groups in total. The van der Waals surface area contributed by atoms with E-state index in [-0.39, 0.29) is 11.2 Å². The minimum Gasteiger partial charge on any atom is -0.462 e. The van der Waals surface area contributed by atoms with Crippen molar-refractivity contribution in [2.24, 2.45) is 0 Å². The predicted octanol–water partition coefficient (Wildman–Crippen LogP) is 4.64. The van der Waals surface area contributed by atoms with E-state index >= 15 is 0 Å².